The summed E-state index contributed by atoms with van der Waals surface area (Å²) in [5, 5.41) is 3.54. The van der Waals surface area contributed by atoms with Crippen LogP contribution in [-0.4, -0.2) is 75.1 Å². The zero-order valence-electron chi connectivity index (χ0n) is 19.7. The number of rotatable bonds is 3. The molecule has 0 radical (unpaired) electrons. The first-order valence-electron chi connectivity index (χ1n) is 11.4. The zero-order chi connectivity index (χ0) is 24.2. The van der Waals surface area contributed by atoms with Crippen LogP contribution in [0, 0.1) is 5.92 Å². The fourth-order valence-corrected chi connectivity index (χ4v) is 5.13. The van der Waals surface area contributed by atoms with Crippen molar-refractivity contribution in [2.45, 2.75) is 45.4 Å². The highest BCUT2D eigenvalue weighted by molar-refractivity contribution is 6.31. The van der Waals surface area contributed by atoms with E-state index < -0.39 is 5.60 Å². The lowest BCUT2D eigenvalue weighted by molar-refractivity contribution is 0.0284. The minimum atomic E-state index is -0.521. The molecule has 180 valence electrons. The highest BCUT2D eigenvalue weighted by atomic mass is 35.5. The second kappa shape index (κ2) is 8.26. The lowest BCUT2D eigenvalue weighted by Crippen LogP contribution is -2.39. The van der Waals surface area contributed by atoms with E-state index in [0.29, 0.717) is 53.3 Å². The van der Waals surface area contributed by atoms with Gasteiger partial charge in [-0.05, 0) is 27.2 Å². The summed E-state index contributed by atoms with van der Waals surface area (Å²) in [5.41, 5.74) is 1.25. The average Bonchev–Trinajstić information content (AvgIpc) is 3.43. The number of anilines is 3. The van der Waals surface area contributed by atoms with Gasteiger partial charge in [0, 0.05) is 44.7 Å². The van der Waals surface area contributed by atoms with E-state index in [1.165, 1.54) is 0 Å². The molecule has 3 aliphatic rings. The first-order valence-corrected chi connectivity index (χ1v) is 11.7. The second-order valence-electron chi connectivity index (χ2n) is 10.1. The third-order valence-electron chi connectivity index (χ3n) is 6.46. The van der Waals surface area contributed by atoms with E-state index in [1.807, 2.05) is 20.8 Å². The summed E-state index contributed by atoms with van der Waals surface area (Å²) in [5.74, 6) is 1.49. The molecule has 2 amide bonds. The number of aromatic nitrogens is 3. The molecule has 0 spiro atoms. The van der Waals surface area contributed by atoms with Crippen molar-refractivity contribution in [1.82, 2.24) is 24.8 Å². The van der Waals surface area contributed by atoms with E-state index in [2.05, 4.69) is 20.2 Å². The Morgan fingerprint density at radius 2 is 2.03 bits per heavy atom. The number of nitrogens with one attached hydrogen (secondary N) is 1. The predicted molar refractivity (Wildman–Crippen MR) is 127 cm³/mol. The lowest BCUT2D eigenvalue weighted by Gasteiger charge is -2.27. The number of pyridine rings is 1. The van der Waals surface area contributed by atoms with Crippen LogP contribution in [0.15, 0.2) is 18.6 Å². The molecular formula is C23H28ClN7O3. The molecule has 2 aromatic heterocycles. The Labute approximate surface area is 203 Å². The number of amides is 2. The Hall–Kier alpha value is -3.14. The highest BCUT2D eigenvalue weighted by Crippen LogP contribution is 2.36. The first kappa shape index (κ1) is 22.6. The van der Waals surface area contributed by atoms with Gasteiger partial charge >= 0.3 is 6.09 Å². The molecule has 34 heavy (non-hydrogen) atoms. The molecule has 2 saturated heterocycles. The van der Waals surface area contributed by atoms with Crippen LogP contribution in [0.3, 0.4) is 0 Å². The molecule has 10 nitrogen and oxygen atoms in total. The highest BCUT2D eigenvalue weighted by Gasteiger charge is 2.44. The second-order valence-corrected chi connectivity index (χ2v) is 10.4. The molecule has 0 aliphatic carbocycles. The third kappa shape index (κ3) is 4.11. The maximum absolute atomic E-state index is 12.6. The van der Waals surface area contributed by atoms with Crippen LogP contribution < -0.4 is 10.2 Å². The quantitative estimate of drug-likeness (QED) is 0.660. The molecule has 0 saturated carbocycles. The Balaban J connectivity index is 1.34. The minimum absolute atomic E-state index is 0.110. The molecule has 2 atom stereocenters. The van der Waals surface area contributed by atoms with Crippen molar-refractivity contribution in [2.75, 3.05) is 36.9 Å². The van der Waals surface area contributed by atoms with Crippen molar-refractivity contribution in [3.63, 3.8) is 0 Å². The van der Waals surface area contributed by atoms with Gasteiger partial charge in [-0.15, -0.1) is 0 Å². The van der Waals surface area contributed by atoms with Crippen molar-refractivity contribution in [3.8, 4) is 0 Å². The summed E-state index contributed by atoms with van der Waals surface area (Å²) >= 11 is 6.22. The van der Waals surface area contributed by atoms with Gasteiger partial charge in [-0.2, -0.15) is 0 Å². The maximum atomic E-state index is 12.6. The first-order chi connectivity index (χ1) is 16.1. The summed E-state index contributed by atoms with van der Waals surface area (Å²) in [6, 6.07) is 0.161. The van der Waals surface area contributed by atoms with Crippen molar-refractivity contribution < 1.29 is 14.3 Å². The zero-order valence-corrected chi connectivity index (χ0v) is 20.5. The van der Waals surface area contributed by atoms with Crippen molar-refractivity contribution >= 4 is 40.9 Å². The number of nitrogens with zero attached hydrogens (tertiary/aromatic N) is 6. The largest absolute Gasteiger partial charge is 0.444 e. The van der Waals surface area contributed by atoms with Gasteiger partial charge in [-0.3, -0.25) is 9.78 Å². The Kier molecular flexibility index (Phi) is 5.50. The monoisotopic (exact) mass is 485 g/mol. The summed E-state index contributed by atoms with van der Waals surface area (Å²) in [6.45, 7) is 8.16. The molecule has 2 aromatic rings. The molecular weight excluding hydrogens is 458 g/mol. The van der Waals surface area contributed by atoms with Crippen LogP contribution in [0.2, 0.25) is 5.15 Å². The van der Waals surface area contributed by atoms with E-state index >= 15 is 0 Å². The number of fused-ring (bicyclic) bond motifs is 2. The number of hydrogen-bond acceptors (Lipinski definition) is 8. The van der Waals surface area contributed by atoms with Gasteiger partial charge in [0.1, 0.15) is 16.6 Å². The summed E-state index contributed by atoms with van der Waals surface area (Å²) in [7, 11) is 1.73. The Morgan fingerprint density at radius 3 is 2.79 bits per heavy atom. The van der Waals surface area contributed by atoms with E-state index in [9.17, 15) is 9.59 Å². The van der Waals surface area contributed by atoms with Gasteiger partial charge in [0.25, 0.3) is 5.91 Å². The standard InChI is InChI=1S/C23H28ClN7O3/c1-23(2,3)34-22(33)30-10-13-5-6-31(16(13)12-30)18-9-25-8-17(28-18)27-15-7-26-20(24)14-11-29(4)21(32)19(14)15/h7-9,13,16H,5-6,10-12H2,1-4H3,(H,27,28). The molecule has 5 rings (SSSR count). The smallest absolute Gasteiger partial charge is 0.410 e. The maximum Gasteiger partial charge on any atom is 0.410 e. The number of hydrogen-bond donors (Lipinski definition) is 1. The van der Waals surface area contributed by atoms with Crippen LogP contribution in [0.1, 0.15) is 43.1 Å². The SMILES string of the molecule is CN1Cc2c(Cl)ncc(Nc3cncc(N4CCC5CN(C(=O)OC(C)(C)C)CC54)n3)c2C1=O. The molecule has 0 aromatic carbocycles. The summed E-state index contributed by atoms with van der Waals surface area (Å²) < 4.78 is 5.56. The minimum Gasteiger partial charge on any atom is -0.444 e. The van der Waals surface area contributed by atoms with Crippen molar-refractivity contribution in [3.05, 3.63) is 34.9 Å². The van der Waals surface area contributed by atoms with Gasteiger partial charge in [0.2, 0.25) is 0 Å². The number of carbonyl (C=O) groups is 2. The van der Waals surface area contributed by atoms with Gasteiger partial charge in [-0.1, -0.05) is 11.6 Å². The van der Waals surface area contributed by atoms with Crippen LogP contribution >= 0.6 is 11.6 Å². The average molecular weight is 486 g/mol. The van der Waals surface area contributed by atoms with Gasteiger partial charge < -0.3 is 24.8 Å². The molecule has 0 bridgehead atoms. The van der Waals surface area contributed by atoms with E-state index in [1.54, 1.807) is 35.4 Å². The Morgan fingerprint density at radius 1 is 1.24 bits per heavy atom. The fraction of sp³-hybridized carbons (Fsp3) is 0.522. The van der Waals surface area contributed by atoms with Gasteiger partial charge in [-0.25, -0.2) is 14.8 Å². The topological polar surface area (TPSA) is 104 Å². The molecule has 11 heteroatoms. The van der Waals surface area contributed by atoms with Crippen molar-refractivity contribution in [1.29, 1.82) is 0 Å². The van der Waals surface area contributed by atoms with Crippen LogP contribution in [-0.2, 0) is 11.3 Å². The number of ether oxygens (including phenoxy) is 1. The Bertz CT molecular complexity index is 1150. The molecule has 1 N–H and O–H groups in total. The van der Waals surface area contributed by atoms with Gasteiger partial charge in [0.15, 0.2) is 5.82 Å². The number of halogens is 1. The number of likely N-dealkylation sites (tertiary alicyclic amines) is 1. The summed E-state index contributed by atoms with van der Waals surface area (Å²) in [4.78, 5) is 44.2. The summed E-state index contributed by atoms with van der Waals surface area (Å²) in [6.07, 6.45) is 5.59. The predicted octanol–water partition coefficient (Wildman–Crippen LogP) is 3.30. The van der Waals surface area contributed by atoms with Crippen molar-refractivity contribution in [2.24, 2.45) is 5.92 Å². The molecule has 3 aliphatic heterocycles. The van der Waals surface area contributed by atoms with Crippen LogP contribution in [0.4, 0.5) is 22.1 Å². The van der Waals surface area contributed by atoms with Gasteiger partial charge in [0.05, 0.1) is 35.9 Å². The number of carbonyl (C=O) groups excluding carboxylic acids is 2. The van der Waals surface area contributed by atoms with Crippen LogP contribution in [0.25, 0.3) is 0 Å². The lowest BCUT2D eigenvalue weighted by atomic mass is 10.1. The van der Waals surface area contributed by atoms with Crippen LogP contribution in [0.5, 0.6) is 0 Å². The fourth-order valence-electron chi connectivity index (χ4n) is 4.93. The molecule has 5 heterocycles. The van der Waals surface area contributed by atoms with E-state index in [0.717, 1.165) is 18.8 Å². The van der Waals surface area contributed by atoms with E-state index in [-0.39, 0.29) is 18.0 Å². The molecule has 2 unspecified atom stereocenters. The third-order valence-corrected chi connectivity index (χ3v) is 6.79. The van der Waals surface area contributed by atoms with E-state index in [4.69, 9.17) is 21.3 Å². The molecule has 2 fully saturated rings. The normalized spacial score (nSPS) is 21.7.